The fourth-order valence-corrected chi connectivity index (χ4v) is 2.11. The Morgan fingerprint density at radius 3 is 3.06 bits per heavy atom. The molecular formula is C11H10N4S. The SMILES string of the molecule is Cn1cnnc1SCc1cccc(C#N)c1. The normalized spacial score (nSPS) is 10.0. The topological polar surface area (TPSA) is 54.5 Å². The molecule has 4 nitrogen and oxygen atoms in total. The van der Waals surface area contributed by atoms with Crippen LogP contribution in [0.1, 0.15) is 11.1 Å². The molecule has 0 N–H and O–H groups in total. The zero-order chi connectivity index (χ0) is 11.4. The smallest absolute Gasteiger partial charge is 0.191 e. The summed E-state index contributed by atoms with van der Waals surface area (Å²) in [5, 5.41) is 17.4. The molecule has 0 aliphatic carbocycles. The average molecular weight is 230 g/mol. The Morgan fingerprint density at radius 1 is 1.50 bits per heavy atom. The predicted molar refractivity (Wildman–Crippen MR) is 61.7 cm³/mol. The summed E-state index contributed by atoms with van der Waals surface area (Å²) in [6, 6.07) is 9.72. The molecule has 0 atom stereocenters. The molecule has 0 fully saturated rings. The molecule has 5 heteroatoms. The predicted octanol–water partition coefficient (Wildman–Crippen LogP) is 1.98. The van der Waals surface area contributed by atoms with Crippen molar-refractivity contribution in [2.75, 3.05) is 0 Å². The zero-order valence-corrected chi connectivity index (χ0v) is 9.61. The van der Waals surface area contributed by atoms with Gasteiger partial charge in [-0.1, -0.05) is 23.9 Å². The van der Waals surface area contributed by atoms with Gasteiger partial charge in [0.15, 0.2) is 5.16 Å². The lowest BCUT2D eigenvalue weighted by Gasteiger charge is -2.01. The summed E-state index contributed by atoms with van der Waals surface area (Å²) in [4.78, 5) is 0. The van der Waals surface area contributed by atoms with Crippen molar-refractivity contribution in [1.82, 2.24) is 14.8 Å². The lowest BCUT2D eigenvalue weighted by molar-refractivity contribution is 0.788. The van der Waals surface area contributed by atoms with E-state index in [2.05, 4.69) is 16.3 Å². The van der Waals surface area contributed by atoms with E-state index in [1.807, 2.05) is 29.8 Å². The number of aromatic nitrogens is 3. The van der Waals surface area contributed by atoms with Crippen LogP contribution in [0.25, 0.3) is 0 Å². The quantitative estimate of drug-likeness (QED) is 0.756. The van der Waals surface area contributed by atoms with Gasteiger partial charge in [0.2, 0.25) is 0 Å². The molecule has 0 radical (unpaired) electrons. The first-order valence-electron chi connectivity index (χ1n) is 4.75. The monoisotopic (exact) mass is 230 g/mol. The van der Waals surface area contributed by atoms with Crippen molar-refractivity contribution in [3.63, 3.8) is 0 Å². The highest BCUT2D eigenvalue weighted by molar-refractivity contribution is 7.98. The molecule has 1 aromatic carbocycles. The van der Waals surface area contributed by atoms with E-state index < -0.39 is 0 Å². The third kappa shape index (κ3) is 2.41. The van der Waals surface area contributed by atoms with E-state index in [4.69, 9.17) is 5.26 Å². The van der Waals surface area contributed by atoms with Gasteiger partial charge in [0.1, 0.15) is 6.33 Å². The van der Waals surface area contributed by atoms with Gasteiger partial charge in [-0.3, -0.25) is 0 Å². The van der Waals surface area contributed by atoms with E-state index in [0.717, 1.165) is 16.5 Å². The van der Waals surface area contributed by atoms with Crippen LogP contribution in [0.15, 0.2) is 35.7 Å². The molecule has 0 unspecified atom stereocenters. The third-order valence-electron chi connectivity index (χ3n) is 2.09. The molecule has 80 valence electrons. The van der Waals surface area contributed by atoms with E-state index >= 15 is 0 Å². The van der Waals surface area contributed by atoms with Gasteiger partial charge in [0.25, 0.3) is 0 Å². The number of hydrogen-bond donors (Lipinski definition) is 0. The van der Waals surface area contributed by atoms with Gasteiger partial charge in [0.05, 0.1) is 11.6 Å². The van der Waals surface area contributed by atoms with Crippen molar-refractivity contribution >= 4 is 11.8 Å². The first kappa shape index (κ1) is 10.7. The molecule has 0 spiro atoms. The molecule has 0 aliphatic rings. The second-order valence-electron chi connectivity index (χ2n) is 3.33. The molecule has 1 heterocycles. The minimum Gasteiger partial charge on any atom is -0.312 e. The number of rotatable bonds is 3. The highest BCUT2D eigenvalue weighted by Crippen LogP contribution is 2.20. The first-order chi connectivity index (χ1) is 7.79. The lowest BCUT2D eigenvalue weighted by atomic mass is 10.2. The molecule has 2 aromatic rings. The summed E-state index contributed by atoms with van der Waals surface area (Å²) < 4.78 is 1.87. The van der Waals surface area contributed by atoms with E-state index in [-0.39, 0.29) is 0 Å². The summed E-state index contributed by atoms with van der Waals surface area (Å²) in [5.74, 6) is 0.794. The molecular weight excluding hydrogens is 220 g/mol. The van der Waals surface area contributed by atoms with Gasteiger partial charge in [-0.2, -0.15) is 5.26 Å². The fraction of sp³-hybridized carbons (Fsp3) is 0.182. The summed E-state index contributed by atoms with van der Waals surface area (Å²) in [6.45, 7) is 0. The second kappa shape index (κ2) is 4.81. The van der Waals surface area contributed by atoms with Crippen molar-refractivity contribution < 1.29 is 0 Å². The average Bonchev–Trinajstić information content (AvgIpc) is 2.72. The van der Waals surface area contributed by atoms with Crippen LogP contribution < -0.4 is 0 Å². The number of hydrogen-bond acceptors (Lipinski definition) is 4. The standard InChI is InChI=1S/C11H10N4S/c1-15-8-13-14-11(15)16-7-10-4-2-3-9(5-10)6-12/h2-5,8H,7H2,1H3. The van der Waals surface area contributed by atoms with Crippen molar-refractivity contribution in [3.05, 3.63) is 41.7 Å². The van der Waals surface area contributed by atoms with E-state index in [1.165, 1.54) is 0 Å². The van der Waals surface area contributed by atoms with E-state index in [1.54, 1.807) is 24.2 Å². The fourth-order valence-electron chi connectivity index (χ4n) is 1.28. The Labute approximate surface area is 97.9 Å². The number of nitriles is 1. The Hall–Kier alpha value is -1.80. The van der Waals surface area contributed by atoms with Crippen molar-refractivity contribution in [3.8, 4) is 6.07 Å². The van der Waals surface area contributed by atoms with Gasteiger partial charge in [0, 0.05) is 12.8 Å². The first-order valence-corrected chi connectivity index (χ1v) is 5.74. The summed E-state index contributed by atoms with van der Waals surface area (Å²) in [5.41, 5.74) is 1.81. The maximum absolute atomic E-state index is 8.78. The van der Waals surface area contributed by atoms with Crippen LogP contribution in [0.3, 0.4) is 0 Å². The Morgan fingerprint density at radius 2 is 2.38 bits per heavy atom. The van der Waals surface area contributed by atoms with Gasteiger partial charge < -0.3 is 4.57 Å². The van der Waals surface area contributed by atoms with Crippen LogP contribution in [-0.4, -0.2) is 14.8 Å². The third-order valence-corrected chi connectivity index (χ3v) is 3.20. The summed E-state index contributed by atoms with van der Waals surface area (Å²) in [7, 11) is 1.91. The number of aryl methyl sites for hydroxylation is 1. The summed E-state index contributed by atoms with van der Waals surface area (Å²) >= 11 is 1.61. The van der Waals surface area contributed by atoms with Crippen LogP contribution in [0.5, 0.6) is 0 Å². The van der Waals surface area contributed by atoms with E-state index in [9.17, 15) is 0 Å². The summed E-state index contributed by atoms with van der Waals surface area (Å²) in [6.07, 6.45) is 1.67. The van der Waals surface area contributed by atoms with Crippen LogP contribution in [0.4, 0.5) is 0 Å². The molecule has 16 heavy (non-hydrogen) atoms. The molecule has 0 saturated carbocycles. The molecule has 0 saturated heterocycles. The van der Waals surface area contributed by atoms with Gasteiger partial charge in [-0.25, -0.2) is 0 Å². The number of benzene rings is 1. The van der Waals surface area contributed by atoms with Gasteiger partial charge in [-0.15, -0.1) is 10.2 Å². The second-order valence-corrected chi connectivity index (χ2v) is 4.27. The molecule has 1 aromatic heterocycles. The Kier molecular flexibility index (Phi) is 3.22. The molecule has 0 bridgehead atoms. The van der Waals surface area contributed by atoms with Crippen molar-refractivity contribution in [2.24, 2.45) is 7.05 Å². The van der Waals surface area contributed by atoms with Crippen LogP contribution in [0.2, 0.25) is 0 Å². The van der Waals surface area contributed by atoms with Crippen LogP contribution in [-0.2, 0) is 12.8 Å². The van der Waals surface area contributed by atoms with Crippen molar-refractivity contribution in [2.45, 2.75) is 10.9 Å². The zero-order valence-electron chi connectivity index (χ0n) is 8.79. The van der Waals surface area contributed by atoms with E-state index in [0.29, 0.717) is 5.56 Å². The van der Waals surface area contributed by atoms with Gasteiger partial charge >= 0.3 is 0 Å². The highest BCUT2D eigenvalue weighted by Gasteiger charge is 2.02. The molecule has 0 amide bonds. The minimum atomic E-state index is 0.691. The highest BCUT2D eigenvalue weighted by atomic mass is 32.2. The Bertz CT molecular complexity index is 527. The largest absolute Gasteiger partial charge is 0.312 e. The van der Waals surface area contributed by atoms with Crippen LogP contribution in [0, 0.1) is 11.3 Å². The minimum absolute atomic E-state index is 0.691. The van der Waals surface area contributed by atoms with Crippen molar-refractivity contribution in [1.29, 1.82) is 5.26 Å². The molecule has 2 rings (SSSR count). The maximum atomic E-state index is 8.78. The Balaban J connectivity index is 2.05. The molecule has 0 aliphatic heterocycles. The maximum Gasteiger partial charge on any atom is 0.191 e. The number of thioether (sulfide) groups is 1. The lowest BCUT2D eigenvalue weighted by Crippen LogP contribution is -1.90. The number of nitrogens with zero attached hydrogens (tertiary/aromatic N) is 4. The van der Waals surface area contributed by atoms with Gasteiger partial charge in [-0.05, 0) is 17.7 Å². The van der Waals surface area contributed by atoms with Crippen LogP contribution >= 0.6 is 11.8 Å².